The van der Waals surface area contributed by atoms with E-state index in [9.17, 15) is 4.79 Å². The lowest BCUT2D eigenvalue weighted by atomic mass is 10.1. The van der Waals surface area contributed by atoms with Crippen LogP contribution in [0.25, 0.3) is 21.8 Å². The Kier molecular flexibility index (Phi) is 5.62. The summed E-state index contributed by atoms with van der Waals surface area (Å²) in [6.45, 7) is 7.58. The number of hydrogen-bond acceptors (Lipinski definition) is 3. The fraction of sp³-hybridized carbons (Fsp3) is 0.350. The number of nitrogens with one attached hydrogen (secondary N) is 1. The molecule has 0 saturated carbocycles. The molecule has 0 atom stereocenters. The van der Waals surface area contributed by atoms with Gasteiger partial charge < -0.3 is 9.72 Å². The van der Waals surface area contributed by atoms with E-state index in [2.05, 4.69) is 22.9 Å². The van der Waals surface area contributed by atoms with Crippen LogP contribution in [-0.4, -0.2) is 49.0 Å². The van der Waals surface area contributed by atoms with Gasteiger partial charge in [-0.05, 0) is 25.1 Å². The van der Waals surface area contributed by atoms with Crippen LogP contribution < -0.4 is 0 Å². The minimum Gasteiger partial charge on any atom is -0.379 e. The third-order valence-electron chi connectivity index (χ3n) is 4.34. The van der Waals surface area contributed by atoms with Gasteiger partial charge in [0.2, 0.25) is 0 Å². The molecule has 2 heterocycles. The number of morpholine rings is 1. The van der Waals surface area contributed by atoms with Gasteiger partial charge in [-0.15, -0.1) is 0 Å². The molecule has 1 aliphatic rings. The van der Waals surface area contributed by atoms with E-state index in [0.29, 0.717) is 5.56 Å². The quantitative estimate of drug-likeness (QED) is 0.744. The number of aldehydes is 1. The van der Waals surface area contributed by atoms with Gasteiger partial charge in [0.15, 0.2) is 6.29 Å². The van der Waals surface area contributed by atoms with Gasteiger partial charge in [0.1, 0.15) is 0 Å². The predicted octanol–water partition coefficient (Wildman–Crippen LogP) is 3.86. The minimum absolute atomic E-state index is 0.712. The van der Waals surface area contributed by atoms with Crippen molar-refractivity contribution >= 4 is 28.1 Å². The number of fused-ring (bicyclic) bond motifs is 3. The molecule has 126 valence electrons. The Morgan fingerprint density at radius 3 is 2.58 bits per heavy atom. The average molecular weight is 324 g/mol. The zero-order chi connectivity index (χ0) is 16.8. The number of ether oxygens (including phenoxy) is 1. The monoisotopic (exact) mass is 324 g/mol. The summed E-state index contributed by atoms with van der Waals surface area (Å²) in [6.07, 6.45) is 2.15. The molecule has 1 aliphatic heterocycles. The minimum atomic E-state index is 0.712. The van der Waals surface area contributed by atoms with E-state index in [1.54, 1.807) is 0 Å². The number of nitrogens with zero attached hydrogens (tertiary/aromatic N) is 1. The highest BCUT2D eigenvalue weighted by Gasteiger charge is 2.07. The van der Waals surface area contributed by atoms with Crippen LogP contribution in [0.4, 0.5) is 0 Å². The van der Waals surface area contributed by atoms with Crippen molar-refractivity contribution in [1.82, 2.24) is 9.88 Å². The third-order valence-corrected chi connectivity index (χ3v) is 4.34. The fourth-order valence-corrected chi connectivity index (χ4v) is 3.13. The van der Waals surface area contributed by atoms with E-state index in [-0.39, 0.29) is 0 Å². The molecule has 3 aromatic rings. The van der Waals surface area contributed by atoms with E-state index in [0.717, 1.165) is 54.4 Å². The molecule has 0 aliphatic carbocycles. The highest BCUT2D eigenvalue weighted by molar-refractivity contribution is 6.11. The number of H-pyrrole nitrogens is 1. The smallest absolute Gasteiger partial charge is 0.152 e. The standard InChI is InChI=1S/C13H9NO.C7H15NO/c15-8-9-4-3-6-11-10-5-1-2-7-12(10)14-13(9)11;1-2-3-8-4-6-9-7-5-8/h1-8,14H;2-7H2,1H3. The van der Waals surface area contributed by atoms with Crippen LogP contribution in [0, 0.1) is 0 Å². The summed E-state index contributed by atoms with van der Waals surface area (Å²) in [5.74, 6) is 0. The zero-order valence-corrected chi connectivity index (χ0v) is 14.1. The van der Waals surface area contributed by atoms with Crippen molar-refractivity contribution in [1.29, 1.82) is 0 Å². The number of para-hydroxylation sites is 2. The van der Waals surface area contributed by atoms with E-state index >= 15 is 0 Å². The number of benzene rings is 2. The van der Waals surface area contributed by atoms with Gasteiger partial charge in [0.05, 0.1) is 18.7 Å². The van der Waals surface area contributed by atoms with Crippen LogP contribution in [0.1, 0.15) is 23.7 Å². The zero-order valence-electron chi connectivity index (χ0n) is 14.1. The molecular weight excluding hydrogens is 300 g/mol. The van der Waals surface area contributed by atoms with Crippen molar-refractivity contribution in [3.63, 3.8) is 0 Å². The van der Waals surface area contributed by atoms with Crippen molar-refractivity contribution in [3.05, 3.63) is 48.0 Å². The molecule has 1 fully saturated rings. The van der Waals surface area contributed by atoms with Crippen LogP contribution >= 0.6 is 0 Å². The van der Waals surface area contributed by atoms with Crippen LogP contribution in [0.5, 0.6) is 0 Å². The number of rotatable bonds is 3. The molecular formula is C20H24N2O2. The Morgan fingerprint density at radius 1 is 1.08 bits per heavy atom. The highest BCUT2D eigenvalue weighted by atomic mass is 16.5. The average Bonchev–Trinajstić information content (AvgIpc) is 3.02. The maximum absolute atomic E-state index is 10.9. The Balaban J connectivity index is 0.000000162. The van der Waals surface area contributed by atoms with Gasteiger partial charge >= 0.3 is 0 Å². The van der Waals surface area contributed by atoms with Gasteiger partial charge in [-0.1, -0.05) is 37.3 Å². The second-order valence-electron chi connectivity index (χ2n) is 6.01. The molecule has 0 bridgehead atoms. The maximum atomic E-state index is 10.9. The summed E-state index contributed by atoms with van der Waals surface area (Å²) in [7, 11) is 0. The maximum Gasteiger partial charge on any atom is 0.152 e. The summed E-state index contributed by atoms with van der Waals surface area (Å²) in [5.41, 5.74) is 2.71. The van der Waals surface area contributed by atoms with E-state index in [1.807, 2.05) is 36.4 Å². The molecule has 0 radical (unpaired) electrons. The Labute approximate surface area is 142 Å². The van der Waals surface area contributed by atoms with Crippen molar-refractivity contribution in [2.45, 2.75) is 13.3 Å². The molecule has 0 unspecified atom stereocenters. The van der Waals surface area contributed by atoms with Gasteiger partial charge in [0, 0.05) is 34.9 Å². The lowest BCUT2D eigenvalue weighted by Gasteiger charge is -2.25. The van der Waals surface area contributed by atoms with Gasteiger partial charge in [-0.3, -0.25) is 9.69 Å². The first kappa shape index (κ1) is 16.7. The molecule has 1 aromatic heterocycles. The van der Waals surface area contributed by atoms with Gasteiger partial charge in [0.25, 0.3) is 0 Å². The molecule has 2 aromatic carbocycles. The molecule has 24 heavy (non-hydrogen) atoms. The molecule has 4 nitrogen and oxygen atoms in total. The lowest BCUT2D eigenvalue weighted by Crippen LogP contribution is -2.36. The first-order chi connectivity index (χ1) is 11.8. The number of carbonyl (C=O) groups is 1. The fourth-order valence-electron chi connectivity index (χ4n) is 3.13. The SMILES string of the molecule is CCCN1CCOCC1.O=Cc1cccc2c1[nH]c1ccccc12. The topological polar surface area (TPSA) is 45.3 Å². The van der Waals surface area contributed by atoms with E-state index in [4.69, 9.17) is 4.74 Å². The largest absolute Gasteiger partial charge is 0.379 e. The van der Waals surface area contributed by atoms with Crippen molar-refractivity contribution in [2.24, 2.45) is 0 Å². The molecule has 4 heteroatoms. The predicted molar refractivity (Wildman–Crippen MR) is 98.7 cm³/mol. The molecule has 4 rings (SSSR count). The Hall–Kier alpha value is -2.17. The van der Waals surface area contributed by atoms with Gasteiger partial charge in [-0.25, -0.2) is 0 Å². The summed E-state index contributed by atoms with van der Waals surface area (Å²) in [6, 6.07) is 13.8. The van der Waals surface area contributed by atoms with Crippen LogP contribution in [0.15, 0.2) is 42.5 Å². The summed E-state index contributed by atoms with van der Waals surface area (Å²) < 4.78 is 5.20. The normalized spacial score (nSPS) is 15.2. The molecule has 1 saturated heterocycles. The van der Waals surface area contributed by atoms with E-state index in [1.165, 1.54) is 13.0 Å². The van der Waals surface area contributed by atoms with Gasteiger partial charge in [-0.2, -0.15) is 0 Å². The first-order valence-corrected chi connectivity index (χ1v) is 8.58. The second kappa shape index (κ2) is 8.08. The van der Waals surface area contributed by atoms with Crippen molar-refractivity contribution in [3.8, 4) is 0 Å². The van der Waals surface area contributed by atoms with E-state index < -0.39 is 0 Å². The van der Waals surface area contributed by atoms with Crippen LogP contribution in [0.2, 0.25) is 0 Å². The first-order valence-electron chi connectivity index (χ1n) is 8.58. The highest BCUT2D eigenvalue weighted by Crippen LogP contribution is 2.26. The Bertz CT molecular complexity index is 801. The van der Waals surface area contributed by atoms with Crippen molar-refractivity contribution < 1.29 is 9.53 Å². The second-order valence-corrected chi connectivity index (χ2v) is 6.01. The summed E-state index contributed by atoms with van der Waals surface area (Å²) in [4.78, 5) is 16.6. The molecule has 0 spiro atoms. The number of hydrogen-bond donors (Lipinski definition) is 1. The van der Waals surface area contributed by atoms with Crippen LogP contribution in [0.3, 0.4) is 0 Å². The number of carbonyl (C=O) groups excluding carboxylic acids is 1. The van der Waals surface area contributed by atoms with Crippen molar-refractivity contribution in [2.75, 3.05) is 32.8 Å². The molecule has 1 N–H and O–H groups in total. The van der Waals surface area contributed by atoms with Crippen LogP contribution in [-0.2, 0) is 4.74 Å². The lowest BCUT2D eigenvalue weighted by molar-refractivity contribution is 0.0380. The molecule has 0 amide bonds. The summed E-state index contributed by atoms with van der Waals surface area (Å²) in [5, 5.41) is 2.27. The number of aromatic amines is 1. The Morgan fingerprint density at radius 2 is 1.83 bits per heavy atom. The third kappa shape index (κ3) is 3.66. The number of aromatic nitrogens is 1. The summed E-state index contributed by atoms with van der Waals surface area (Å²) >= 11 is 0.